The van der Waals surface area contributed by atoms with E-state index in [0.29, 0.717) is 16.3 Å². The Balaban J connectivity index is 1.65. The molecule has 0 bridgehead atoms. The average molecular weight is 427 g/mol. The smallest absolute Gasteiger partial charge is 0.267 e. The standard InChI is InChI=1S/C23H17N5O4/c29-22(25-24-14-17-9-6-10-18(13-17)28(31)32)21-19-11-4-5-12-20(19)23(30)27(26-21)15-16-7-2-1-3-8-16/h1-14H,15H2,(H,25,29). The van der Waals surface area contributed by atoms with Gasteiger partial charge in [0.2, 0.25) is 0 Å². The SMILES string of the molecule is O=C(NN=Cc1cccc([N+](=O)[O-])c1)c1nn(Cc2ccccc2)c(=O)c2ccccc12. The quantitative estimate of drug-likeness (QED) is 0.288. The van der Waals surface area contributed by atoms with E-state index in [1.807, 2.05) is 30.3 Å². The van der Waals surface area contributed by atoms with Gasteiger partial charge >= 0.3 is 0 Å². The number of nitrogens with one attached hydrogen (secondary N) is 1. The first-order chi connectivity index (χ1) is 15.5. The molecule has 158 valence electrons. The zero-order chi connectivity index (χ0) is 22.5. The highest BCUT2D eigenvalue weighted by Gasteiger charge is 2.16. The van der Waals surface area contributed by atoms with Gasteiger partial charge in [-0.2, -0.15) is 10.2 Å². The molecule has 9 heteroatoms. The fourth-order valence-electron chi connectivity index (χ4n) is 3.20. The van der Waals surface area contributed by atoms with Gasteiger partial charge in [0.25, 0.3) is 17.2 Å². The third-order valence-electron chi connectivity index (χ3n) is 4.72. The van der Waals surface area contributed by atoms with Crippen molar-refractivity contribution in [3.05, 3.63) is 116 Å². The van der Waals surface area contributed by atoms with Crippen LogP contribution in [0.15, 0.2) is 88.8 Å². The average Bonchev–Trinajstić information content (AvgIpc) is 2.81. The molecule has 0 saturated carbocycles. The van der Waals surface area contributed by atoms with E-state index in [2.05, 4.69) is 15.6 Å². The van der Waals surface area contributed by atoms with Gasteiger partial charge in [-0.3, -0.25) is 19.7 Å². The Hall–Kier alpha value is -4.66. The molecule has 9 nitrogen and oxygen atoms in total. The predicted octanol–water partition coefficient (Wildman–Crippen LogP) is 3.12. The lowest BCUT2D eigenvalue weighted by atomic mass is 10.1. The van der Waals surface area contributed by atoms with Crippen molar-refractivity contribution in [2.45, 2.75) is 6.54 Å². The molecule has 1 N–H and O–H groups in total. The Kier molecular flexibility index (Phi) is 5.80. The van der Waals surface area contributed by atoms with E-state index in [1.54, 1.807) is 30.3 Å². The van der Waals surface area contributed by atoms with Crippen molar-refractivity contribution in [3.8, 4) is 0 Å². The number of fused-ring (bicyclic) bond motifs is 1. The molecule has 0 atom stereocenters. The van der Waals surface area contributed by atoms with Gasteiger partial charge in [0, 0.05) is 23.1 Å². The summed E-state index contributed by atoms with van der Waals surface area (Å²) < 4.78 is 1.25. The van der Waals surface area contributed by atoms with E-state index in [4.69, 9.17) is 0 Å². The number of carbonyl (C=O) groups excluding carboxylic acids is 1. The summed E-state index contributed by atoms with van der Waals surface area (Å²) in [6.07, 6.45) is 1.30. The summed E-state index contributed by atoms with van der Waals surface area (Å²) >= 11 is 0. The number of hydrogen-bond acceptors (Lipinski definition) is 6. The molecule has 3 aromatic carbocycles. The number of hydrogen-bond donors (Lipinski definition) is 1. The number of nitro groups is 1. The minimum atomic E-state index is -0.607. The van der Waals surface area contributed by atoms with Crippen LogP contribution in [0.25, 0.3) is 10.8 Å². The number of aromatic nitrogens is 2. The summed E-state index contributed by atoms with van der Waals surface area (Å²) in [5.74, 6) is -0.607. The first-order valence-corrected chi connectivity index (χ1v) is 9.64. The maximum Gasteiger partial charge on any atom is 0.292 e. The van der Waals surface area contributed by atoms with Crippen LogP contribution in [-0.2, 0) is 6.54 Å². The van der Waals surface area contributed by atoms with Gasteiger partial charge in [-0.05, 0) is 11.6 Å². The first kappa shape index (κ1) is 20.6. The van der Waals surface area contributed by atoms with Gasteiger partial charge in [-0.1, -0.05) is 60.7 Å². The highest BCUT2D eigenvalue weighted by atomic mass is 16.6. The number of hydrazone groups is 1. The lowest BCUT2D eigenvalue weighted by molar-refractivity contribution is -0.384. The third kappa shape index (κ3) is 4.41. The second-order valence-electron chi connectivity index (χ2n) is 6.89. The van der Waals surface area contributed by atoms with Crippen molar-refractivity contribution in [1.29, 1.82) is 0 Å². The zero-order valence-electron chi connectivity index (χ0n) is 16.7. The predicted molar refractivity (Wildman–Crippen MR) is 120 cm³/mol. The Morgan fingerprint density at radius 2 is 1.75 bits per heavy atom. The van der Waals surface area contributed by atoms with E-state index in [0.717, 1.165) is 5.56 Å². The van der Waals surface area contributed by atoms with E-state index in [9.17, 15) is 19.7 Å². The molecule has 4 rings (SSSR count). The molecule has 4 aromatic rings. The van der Waals surface area contributed by atoms with Crippen LogP contribution in [0.3, 0.4) is 0 Å². The van der Waals surface area contributed by atoms with Crippen LogP contribution >= 0.6 is 0 Å². The van der Waals surface area contributed by atoms with Crippen molar-refractivity contribution in [3.63, 3.8) is 0 Å². The van der Waals surface area contributed by atoms with Gasteiger partial charge in [-0.25, -0.2) is 10.1 Å². The normalized spacial score (nSPS) is 11.0. The van der Waals surface area contributed by atoms with Crippen molar-refractivity contribution < 1.29 is 9.72 Å². The molecule has 0 radical (unpaired) electrons. The number of nitro benzene ring substituents is 1. The van der Waals surface area contributed by atoms with E-state index in [1.165, 1.54) is 29.1 Å². The van der Waals surface area contributed by atoms with Crippen molar-refractivity contribution >= 4 is 28.6 Å². The minimum Gasteiger partial charge on any atom is -0.267 e. The molecule has 1 amide bonds. The van der Waals surface area contributed by atoms with E-state index < -0.39 is 10.8 Å². The summed E-state index contributed by atoms with van der Waals surface area (Å²) in [7, 11) is 0. The monoisotopic (exact) mass is 427 g/mol. The van der Waals surface area contributed by atoms with Gasteiger partial charge in [0.15, 0.2) is 5.69 Å². The molecule has 0 saturated heterocycles. The van der Waals surface area contributed by atoms with Gasteiger partial charge in [0.1, 0.15) is 0 Å². The second kappa shape index (κ2) is 9.00. The van der Waals surface area contributed by atoms with Crippen LogP contribution in [-0.4, -0.2) is 26.8 Å². The second-order valence-corrected chi connectivity index (χ2v) is 6.89. The highest BCUT2D eigenvalue weighted by Crippen LogP contribution is 2.14. The maximum atomic E-state index is 12.9. The first-order valence-electron chi connectivity index (χ1n) is 9.64. The van der Waals surface area contributed by atoms with Crippen LogP contribution in [0.1, 0.15) is 21.6 Å². The highest BCUT2D eigenvalue weighted by molar-refractivity contribution is 6.05. The Morgan fingerprint density at radius 3 is 2.50 bits per heavy atom. The lowest BCUT2D eigenvalue weighted by Gasteiger charge is -2.10. The largest absolute Gasteiger partial charge is 0.292 e. The van der Waals surface area contributed by atoms with E-state index >= 15 is 0 Å². The van der Waals surface area contributed by atoms with Gasteiger partial charge in [0.05, 0.1) is 23.1 Å². The van der Waals surface area contributed by atoms with Crippen LogP contribution < -0.4 is 11.0 Å². The molecule has 0 fully saturated rings. The summed E-state index contributed by atoms with van der Waals surface area (Å²) in [5, 5.41) is 19.8. The molecular formula is C23H17N5O4. The Labute approximate surface area is 181 Å². The van der Waals surface area contributed by atoms with Gasteiger partial charge in [-0.15, -0.1) is 0 Å². The molecule has 1 aromatic heterocycles. The summed E-state index contributed by atoms with van der Waals surface area (Å²) in [6, 6.07) is 21.9. The number of benzene rings is 3. The van der Waals surface area contributed by atoms with Crippen molar-refractivity contribution in [2.24, 2.45) is 5.10 Å². The molecule has 1 heterocycles. The Bertz CT molecular complexity index is 1400. The molecule has 0 aliphatic carbocycles. The van der Waals surface area contributed by atoms with E-state index in [-0.39, 0.29) is 23.5 Å². The minimum absolute atomic E-state index is 0.0484. The fourth-order valence-corrected chi connectivity index (χ4v) is 3.20. The number of rotatable bonds is 6. The topological polar surface area (TPSA) is 119 Å². The number of nitrogens with zero attached hydrogens (tertiary/aromatic N) is 4. The molecule has 0 aliphatic heterocycles. The van der Waals surface area contributed by atoms with Crippen LogP contribution in [0, 0.1) is 10.1 Å². The summed E-state index contributed by atoms with van der Waals surface area (Å²) in [4.78, 5) is 36.1. The fraction of sp³-hybridized carbons (Fsp3) is 0.0435. The molecule has 0 unspecified atom stereocenters. The molecule has 0 spiro atoms. The lowest BCUT2D eigenvalue weighted by Crippen LogP contribution is -2.29. The third-order valence-corrected chi connectivity index (χ3v) is 4.72. The molecule has 32 heavy (non-hydrogen) atoms. The Morgan fingerprint density at radius 1 is 1.03 bits per heavy atom. The number of non-ortho nitro benzene ring substituents is 1. The maximum absolute atomic E-state index is 12.9. The number of carbonyl (C=O) groups is 1. The summed E-state index contributed by atoms with van der Waals surface area (Å²) in [5.41, 5.74) is 3.36. The van der Waals surface area contributed by atoms with Crippen molar-refractivity contribution in [2.75, 3.05) is 0 Å². The van der Waals surface area contributed by atoms with Crippen LogP contribution in [0.2, 0.25) is 0 Å². The van der Waals surface area contributed by atoms with Crippen LogP contribution in [0.4, 0.5) is 5.69 Å². The molecule has 0 aliphatic rings. The zero-order valence-corrected chi connectivity index (χ0v) is 16.7. The molecular weight excluding hydrogens is 410 g/mol. The van der Waals surface area contributed by atoms with Crippen LogP contribution in [0.5, 0.6) is 0 Å². The van der Waals surface area contributed by atoms with Gasteiger partial charge < -0.3 is 0 Å². The number of amides is 1. The summed E-state index contributed by atoms with van der Waals surface area (Å²) in [6.45, 7) is 0.210. The van der Waals surface area contributed by atoms with Crippen molar-refractivity contribution in [1.82, 2.24) is 15.2 Å².